The first-order chi connectivity index (χ1) is 16.5. The molecule has 4 rings (SSSR count). The van der Waals surface area contributed by atoms with Crippen molar-refractivity contribution in [1.82, 2.24) is 0 Å². The molecule has 0 aliphatic carbocycles. The second-order valence-corrected chi connectivity index (χ2v) is 8.35. The van der Waals surface area contributed by atoms with Crippen molar-refractivity contribution in [3.05, 3.63) is 83.4 Å². The Morgan fingerprint density at radius 3 is 2.37 bits per heavy atom. The van der Waals surface area contributed by atoms with Gasteiger partial charge < -0.3 is 19.8 Å². The molecule has 0 aromatic heterocycles. The first-order valence-electron chi connectivity index (χ1n) is 10.7. The smallest absolute Gasteiger partial charge is 0.422 e. The Hall–Kier alpha value is -3.85. The number of carbonyl (C=O) groups is 2. The van der Waals surface area contributed by atoms with E-state index in [2.05, 4.69) is 0 Å². The van der Waals surface area contributed by atoms with Gasteiger partial charge in [-0.3, -0.25) is 4.79 Å². The SMILES string of the molecule is CC(c1cccc(-c2ccccc2)c1C(=O)O)C(O)(c1ccc2c(c1)N(C)C(=O)CO2)C(F)(F)F. The molecular formula is C26H22F3NO5. The maximum Gasteiger partial charge on any atom is 0.422 e. The number of hydrogen-bond donors (Lipinski definition) is 2. The zero-order chi connectivity index (χ0) is 25.5. The van der Waals surface area contributed by atoms with Gasteiger partial charge in [0, 0.05) is 13.0 Å². The quantitative estimate of drug-likeness (QED) is 0.534. The summed E-state index contributed by atoms with van der Waals surface area (Å²) in [6, 6.07) is 16.1. The van der Waals surface area contributed by atoms with Gasteiger partial charge in [-0.15, -0.1) is 0 Å². The molecule has 0 fully saturated rings. The van der Waals surface area contributed by atoms with Crippen LogP contribution in [-0.4, -0.2) is 41.9 Å². The lowest BCUT2D eigenvalue weighted by Gasteiger charge is -2.38. The Morgan fingerprint density at radius 2 is 1.74 bits per heavy atom. The van der Waals surface area contributed by atoms with Crippen LogP contribution in [0.25, 0.3) is 11.1 Å². The lowest BCUT2D eigenvalue weighted by molar-refractivity contribution is -0.274. The fraction of sp³-hybridized carbons (Fsp3) is 0.231. The molecule has 0 bridgehead atoms. The Kier molecular flexibility index (Phi) is 6.06. The number of amides is 1. The molecule has 2 N–H and O–H groups in total. The van der Waals surface area contributed by atoms with Gasteiger partial charge in [-0.05, 0) is 34.4 Å². The number of halogens is 3. The fourth-order valence-electron chi connectivity index (χ4n) is 4.42. The minimum absolute atomic E-state index is 0.0742. The summed E-state index contributed by atoms with van der Waals surface area (Å²) < 4.78 is 49.0. The minimum atomic E-state index is -5.18. The largest absolute Gasteiger partial charge is 0.482 e. The number of benzene rings is 3. The normalized spacial score (nSPS) is 16.2. The van der Waals surface area contributed by atoms with Gasteiger partial charge in [-0.1, -0.05) is 61.5 Å². The molecule has 3 aromatic rings. The molecule has 2 unspecified atom stereocenters. The van der Waals surface area contributed by atoms with Crippen LogP contribution in [0.4, 0.5) is 18.9 Å². The van der Waals surface area contributed by atoms with Crippen molar-refractivity contribution >= 4 is 17.6 Å². The predicted octanol–water partition coefficient (Wildman–Crippen LogP) is 4.96. The Balaban J connectivity index is 1.92. The van der Waals surface area contributed by atoms with E-state index in [0.717, 1.165) is 24.0 Å². The van der Waals surface area contributed by atoms with Gasteiger partial charge in [0.05, 0.1) is 11.3 Å². The summed E-state index contributed by atoms with van der Waals surface area (Å²) in [4.78, 5) is 25.4. The Bertz CT molecular complexity index is 1290. The van der Waals surface area contributed by atoms with E-state index in [9.17, 15) is 33.0 Å². The summed E-state index contributed by atoms with van der Waals surface area (Å²) in [6.07, 6.45) is -5.18. The number of aromatic carboxylic acids is 1. The number of hydrogen-bond acceptors (Lipinski definition) is 4. The molecule has 0 spiro atoms. The highest BCUT2D eigenvalue weighted by Gasteiger charge is 2.59. The highest BCUT2D eigenvalue weighted by Crippen LogP contribution is 2.51. The molecule has 0 radical (unpaired) electrons. The number of aliphatic hydroxyl groups is 1. The zero-order valence-electron chi connectivity index (χ0n) is 18.8. The van der Waals surface area contributed by atoms with Crippen molar-refractivity contribution in [1.29, 1.82) is 0 Å². The van der Waals surface area contributed by atoms with Crippen molar-refractivity contribution in [3.63, 3.8) is 0 Å². The number of carboxylic acids is 1. The van der Waals surface area contributed by atoms with Crippen LogP contribution in [0.3, 0.4) is 0 Å². The Morgan fingerprint density at radius 1 is 1.06 bits per heavy atom. The van der Waals surface area contributed by atoms with Crippen molar-refractivity contribution in [2.45, 2.75) is 24.6 Å². The first kappa shape index (κ1) is 24.3. The molecule has 182 valence electrons. The second kappa shape index (κ2) is 8.74. The molecule has 1 heterocycles. The number of carboxylic acid groups (broad SMARTS) is 1. The lowest BCUT2D eigenvalue weighted by atomic mass is 9.75. The standard InChI is InChI=1S/C26H22F3NO5/c1-15(18-9-6-10-19(23(18)24(32)33)16-7-4-3-5-8-16)25(34,26(27,28)29)17-11-12-21-20(13-17)30(2)22(31)14-35-21/h3-13,15,34H,14H2,1-2H3,(H,32,33). The topological polar surface area (TPSA) is 87.1 Å². The van der Waals surface area contributed by atoms with Crippen molar-refractivity contribution in [2.75, 3.05) is 18.6 Å². The van der Waals surface area contributed by atoms with Gasteiger partial charge in [0.2, 0.25) is 0 Å². The first-order valence-corrected chi connectivity index (χ1v) is 10.7. The van der Waals surface area contributed by atoms with E-state index in [0.29, 0.717) is 5.56 Å². The van der Waals surface area contributed by atoms with E-state index in [-0.39, 0.29) is 34.7 Å². The van der Waals surface area contributed by atoms with Gasteiger partial charge in [-0.2, -0.15) is 13.2 Å². The number of ether oxygens (including phenoxy) is 1. The summed E-state index contributed by atoms with van der Waals surface area (Å²) in [6.45, 7) is 0.881. The van der Waals surface area contributed by atoms with Crippen LogP contribution < -0.4 is 9.64 Å². The van der Waals surface area contributed by atoms with Crippen LogP contribution in [0.5, 0.6) is 5.75 Å². The molecule has 9 heteroatoms. The number of nitrogens with zero attached hydrogens (tertiary/aromatic N) is 1. The van der Waals surface area contributed by atoms with Gasteiger partial charge in [0.25, 0.3) is 5.91 Å². The number of rotatable bonds is 5. The van der Waals surface area contributed by atoms with Gasteiger partial charge in [0.15, 0.2) is 12.2 Å². The molecule has 35 heavy (non-hydrogen) atoms. The molecule has 2 atom stereocenters. The van der Waals surface area contributed by atoms with E-state index in [1.807, 2.05) is 0 Å². The predicted molar refractivity (Wildman–Crippen MR) is 123 cm³/mol. The average molecular weight is 485 g/mol. The van der Waals surface area contributed by atoms with Crippen molar-refractivity contribution in [3.8, 4) is 16.9 Å². The molecule has 0 saturated heterocycles. The number of anilines is 1. The summed E-state index contributed by atoms with van der Waals surface area (Å²) in [5.41, 5.74) is -3.70. The maximum atomic E-state index is 14.6. The van der Waals surface area contributed by atoms with Crippen LogP contribution in [0.2, 0.25) is 0 Å². The van der Waals surface area contributed by atoms with Crippen LogP contribution in [0, 0.1) is 0 Å². The summed E-state index contributed by atoms with van der Waals surface area (Å²) >= 11 is 0. The van der Waals surface area contributed by atoms with Crippen LogP contribution in [0.15, 0.2) is 66.7 Å². The average Bonchev–Trinajstić information content (AvgIpc) is 2.84. The van der Waals surface area contributed by atoms with Crippen LogP contribution >= 0.6 is 0 Å². The zero-order valence-corrected chi connectivity index (χ0v) is 18.8. The van der Waals surface area contributed by atoms with Gasteiger partial charge in [-0.25, -0.2) is 4.79 Å². The Labute approximate surface area is 199 Å². The summed E-state index contributed by atoms with van der Waals surface area (Å²) in [7, 11) is 1.40. The molecule has 1 aliphatic rings. The molecule has 6 nitrogen and oxygen atoms in total. The monoisotopic (exact) mass is 485 g/mol. The van der Waals surface area contributed by atoms with Gasteiger partial charge >= 0.3 is 12.1 Å². The molecule has 1 aliphatic heterocycles. The van der Waals surface area contributed by atoms with E-state index in [1.165, 1.54) is 31.3 Å². The van der Waals surface area contributed by atoms with E-state index in [1.54, 1.807) is 30.3 Å². The molecule has 1 amide bonds. The fourth-order valence-corrected chi connectivity index (χ4v) is 4.42. The molecule has 0 saturated carbocycles. The van der Waals surface area contributed by atoms with E-state index >= 15 is 0 Å². The third kappa shape index (κ3) is 4.01. The molecule has 3 aromatic carbocycles. The highest BCUT2D eigenvalue weighted by atomic mass is 19.4. The van der Waals surface area contributed by atoms with Crippen molar-refractivity contribution in [2.24, 2.45) is 0 Å². The van der Waals surface area contributed by atoms with Gasteiger partial charge in [0.1, 0.15) is 5.75 Å². The number of carbonyl (C=O) groups excluding carboxylic acids is 1. The minimum Gasteiger partial charge on any atom is -0.482 e. The second-order valence-electron chi connectivity index (χ2n) is 8.35. The maximum absolute atomic E-state index is 14.6. The summed E-state index contributed by atoms with van der Waals surface area (Å²) in [5.74, 6) is -3.40. The summed E-state index contributed by atoms with van der Waals surface area (Å²) in [5, 5.41) is 21.3. The third-order valence-electron chi connectivity index (χ3n) is 6.41. The van der Waals surface area contributed by atoms with E-state index in [4.69, 9.17) is 4.74 Å². The van der Waals surface area contributed by atoms with Crippen LogP contribution in [-0.2, 0) is 10.4 Å². The number of fused-ring (bicyclic) bond motifs is 1. The van der Waals surface area contributed by atoms with E-state index < -0.39 is 35.1 Å². The third-order valence-corrected chi connectivity index (χ3v) is 6.41. The molecular weight excluding hydrogens is 463 g/mol. The lowest BCUT2D eigenvalue weighted by Crippen LogP contribution is -2.47. The number of alkyl halides is 3. The highest BCUT2D eigenvalue weighted by molar-refractivity contribution is 5.98. The van der Waals surface area contributed by atoms with Crippen molar-refractivity contribution < 1.29 is 37.7 Å². The number of likely N-dealkylation sites (N-methyl/N-ethyl adjacent to an activating group) is 1. The van der Waals surface area contributed by atoms with Crippen LogP contribution in [0.1, 0.15) is 34.3 Å².